The quantitative estimate of drug-likeness (QED) is 0.823. The van der Waals surface area contributed by atoms with Gasteiger partial charge in [0.2, 0.25) is 5.91 Å². The Labute approximate surface area is 159 Å². The molecule has 130 valence electrons. The molecule has 1 aliphatic heterocycles. The Morgan fingerprint density at radius 3 is 2.60 bits per heavy atom. The summed E-state index contributed by atoms with van der Waals surface area (Å²) in [7, 11) is 0. The molecule has 0 fully saturated rings. The third kappa shape index (κ3) is 4.37. The molecule has 0 unspecified atom stereocenters. The zero-order valence-electron chi connectivity index (χ0n) is 12.8. The van der Waals surface area contributed by atoms with Gasteiger partial charge in [0.1, 0.15) is 5.75 Å². The molecule has 1 aliphatic rings. The molecule has 2 amide bonds. The lowest BCUT2D eigenvalue weighted by molar-refractivity contribution is -0.129. The zero-order valence-corrected chi connectivity index (χ0v) is 15.1. The standard InChI is InChI=1S/C17H13Cl3N2O3/c18-10-2-4-14-9(5-10)6-15(25-14)17(24)21-8-16(23)22-13-7-11(19)1-3-12(13)20/h1-5,7,15H,6,8H2,(H,21,24)(H,22,23)/t15-/m0/s1. The van der Waals surface area contributed by atoms with E-state index in [1.165, 1.54) is 6.07 Å². The third-order valence-electron chi connectivity index (χ3n) is 3.62. The number of fused-ring (bicyclic) bond motifs is 1. The van der Waals surface area contributed by atoms with Gasteiger partial charge in [-0.25, -0.2) is 0 Å². The Hall–Kier alpha value is -1.95. The molecule has 1 atom stereocenters. The van der Waals surface area contributed by atoms with E-state index in [2.05, 4.69) is 10.6 Å². The monoisotopic (exact) mass is 398 g/mol. The van der Waals surface area contributed by atoms with Crippen molar-refractivity contribution in [2.75, 3.05) is 11.9 Å². The molecular weight excluding hydrogens is 387 g/mol. The van der Waals surface area contributed by atoms with Gasteiger partial charge in [-0.1, -0.05) is 34.8 Å². The maximum Gasteiger partial charge on any atom is 0.261 e. The van der Waals surface area contributed by atoms with Crippen LogP contribution in [0.2, 0.25) is 15.1 Å². The lowest BCUT2D eigenvalue weighted by Crippen LogP contribution is -2.41. The normalized spacial score (nSPS) is 15.2. The second-order valence-electron chi connectivity index (χ2n) is 5.45. The summed E-state index contributed by atoms with van der Waals surface area (Å²) in [5.41, 5.74) is 1.25. The fourth-order valence-corrected chi connectivity index (χ4v) is 2.96. The van der Waals surface area contributed by atoms with Crippen LogP contribution in [0, 0.1) is 0 Å². The van der Waals surface area contributed by atoms with Gasteiger partial charge in [-0.3, -0.25) is 9.59 Å². The fraction of sp³-hybridized carbons (Fsp3) is 0.176. The number of carbonyl (C=O) groups excluding carboxylic acids is 2. The molecule has 0 aromatic heterocycles. The number of anilines is 1. The van der Waals surface area contributed by atoms with Crippen molar-refractivity contribution < 1.29 is 14.3 Å². The molecule has 3 rings (SSSR count). The van der Waals surface area contributed by atoms with Gasteiger partial charge >= 0.3 is 0 Å². The van der Waals surface area contributed by atoms with E-state index >= 15 is 0 Å². The van der Waals surface area contributed by atoms with Gasteiger partial charge in [0.15, 0.2) is 6.10 Å². The van der Waals surface area contributed by atoms with E-state index in [9.17, 15) is 9.59 Å². The molecule has 25 heavy (non-hydrogen) atoms. The largest absolute Gasteiger partial charge is 0.480 e. The van der Waals surface area contributed by atoms with Crippen LogP contribution in [0.4, 0.5) is 5.69 Å². The first-order chi connectivity index (χ1) is 11.9. The fourth-order valence-electron chi connectivity index (χ4n) is 2.43. The molecule has 5 nitrogen and oxygen atoms in total. The first-order valence-electron chi connectivity index (χ1n) is 7.40. The molecule has 2 aromatic rings. The van der Waals surface area contributed by atoms with Crippen LogP contribution in [0.3, 0.4) is 0 Å². The maximum absolute atomic E-state index is 12.2. The minimum absolute atomic E-state index is 0.210. The van der Waals surface area contributed by atoms with Crippen LogP contribution in [0.25, 0.3) is 0 Å². The number of carbonyl (C=O) groups is 2. The van der Waals surface area contributed by atoms with Crippen LogP contribution in [0.1, 0.15) is 5.56 Å². The summed E-state index contributed by atoms with van der Waals surface area (Å²) in [5, 5.41) is 6.52. The van der Waals surface area contributed by atoms with Crippen molar-refractivity contribution in [2.24, 2.45) is 0 Å². The molecule has 0 bridgehead atoms. The van der Waals surface area contributed by atoms with Crippen LogP contribution in [-0.4, -0.2) is 24.5 Å². The number of ether oxygens (including phenoxy) is 1. The second kappa shape index (κ2) is 7.52. The number of halogens is 3. The van der Waals surface area contributed by atoms with Crippen LogP contribution in [0.5, 0.6) is 5.75 Å². The van der Waals surface area contributed by atoms with E-state index in [1.807, 2.05) is 0 Å². The predicted octanol–water partition coefficient (Wildman–Crippen LogP) is 3.71. The van der Waals surface area contributed by atoms with Crippen molar-refractivity contribution in [2.45, 2.75) is 12.5 Å². The highest BCUT2D eigenvalue weighted by Gasteiger charge is 2.29. The smallest absolute Gasteiger partial charge is 0.261 e. The number of nitrogens with one attached hydrogen (secondary N) is 2. The van der Waals surface area contributed by atoms with Gasteiger partial charge in [-0.15, -0.1) is 0 Å². The maximum atomic E-state index is 12.2. The Balaban J connectivity index is 1.53. The Morgan fingerprint density at radius 1 is 1.08 bits per heavy atom. The molecule has 0 saturated heterocycles. The molecule has 2 N–H and O–H groups in total. The number of benzene rings is 2. The van der Waals surface area contributed by atoms with E-state index in [0.717, 1.165) is 5.56 Å². The first kappa shape index (κ1) is 17.9. The topological polar surface area (TPSA) is 67.4 Å². The second-order valence-corrected chi connectivity index (χ2v) is 6.73. The summed E-state index contributed by atoms with van der Waals surface area (Å²) in [4.78, 5) is 24.2. The minimum Gasteiger partial charge on any atom is -0.480 e. The summed E-state index contributed by atoms with van der Waals surface area (Å²) in [6.07, 6.45) is -0.278. The van der Waals surface area contributed by atoms with Crippen LogP contribution in [-0.2, 0) is 16.0 Å². The average Bonchev–Trinajstić information content (AvgIpc) is 2.99. The number of hydrogen-bond donors (Lipinski definition) is 2. The summed E-state index contributed by atoms with van der Waals surface area (Å²) in [6, 6.07) is 9.90. The number of hydrogen-bond acceptors (Lipinski definition) is 3. The highest BCUT2D eigenvalue weighted by atomic mass is 35.5. The van der Waals surface area contributed by atoms with E-state index in [1.54, 1.807) is 30.3 Å². The van der Waals surface area contributed by atoms with Crippen molar-refractivity contribution >= 4 is 52.3 Å². The number of rotatable bonds is 4. The Bertz CT molecular complexity index is 842. The number of amides is 2. The van der Waals surface area contributed by atoms with Crippen LogP contribution < -0.4 is 15.4 Å². The summed E-state index contributed by atoms with van der Waals surface area (Å²) in [5.74, 6) is -0.171. The van der Waals surface area contributed by atoms with Crippen molar-refractivity contribution in [3.05, 3.63) is 57.0 Å². The summed E-state index contributed by atoms with van der Waals surface area (Å²) < 4.78 is 5.57. The molecule has 0 spiro atoms. The van der Waals surface area contributed by atoms with Gasteiger partial charge < -0.3 is 15.4 Å². The van der Waals surface area contributed by atoms with E-state index < -0.39 is 12.0 Å². The lowest BCUT2D eigenvalue weighted by atomic mass is 10.1. The van der Waals surface area contributed by atoms with Gasteiger partial charge in [-0.2, -0.15) is 0 Å². The summed E-state index contributed by atoms with van der Waals surface area (Å²) in [6.45, 7) is -0.210. The highest BCUT2D eigenvalue weighted by Crippen LogP contribution is 2.31. The van der Waals surface area contributed by atoms with E-state index in [0.29, 0.717) is 32.9 Å². The van der Waals surface area contributed by atoms with Gasteiger partial charge in [0, 0.05) is 16.5 Å². The van der Waals surface area contributed by atoms with E-state index in [4.69, 9.17) is 39.5 Å². The van der Waals surface area contributed by atoms with Gasteiger partial charge in [0.05, 0.1) is 17.3 Å². The van der Waals surface area contributed by atoms with Crippen molar-refractivity contribution in [1.29, 1.82) is 0 Å². The first-order valence-corrected chi connectivity index (χ1v) is 8.53. The van der Waals surface area contributed by atoms with Crippen molar-refractivity contribution in [3.8, 4) is 5.75 Å². The molecule has 2 aromatic carbocycles. The van der Waals surface area contributed by atoms with Crippen LogP contribution in [0.15, 0.2) is 36.4 Å². The van der Waals surface area contributed by atoms with E-state index in [-0.39, 0.29) is 12.5 Å². The average molecular weight is 400 g/mol. The van der Waals surface area contributed by atoms with Gasteiger partial charge in [-0.05, 0) is 42.0 Å². The van der Waals surface area contributed by atoms with Crippen molar-refractivity contribution in [3.63, 3.8) is 0 Å². The Morgan fingerprint density at radius 2 is 1.80 bits per heavy atom. The molecule has 0 aliphatic carbocycles. The Kier molecular flexibility index (Phi) is 5.37. The summed E-state index contributed by atoms with van der Waals surface area (Å²) >= 11 is 17.8. The predicted molar refractivity (Wildman–Crippen MR) is 97.7 cm³/mol. The zero-order chi connectivity index (χ0) is 18.0. The van der Waals surface area contributed by atoms with Crippen molar-refractivity contribution in [1.82, 2.24) is 5.32 Å². The molecule has 0 saturated carbocycles. The van der Waals surface area contributed by atoms with Gasteiger partial charge in [0.25, 0.3) is 5.91 Å². The minimum atomic E-state index is -0.684. The lowest BCUT2D eigenvalue weighted by Gasteiger charge is -2.12. The molecule has 0 radical (unpaired) electrons. The van der Waals surface area contributed by atoms with Crippen LogP contribution >= 0.6 is 34.8 Å². The SMILES string of the molecule is O=C(CNC(=O)[C@@H]1Cc2cc(Cl)ccc2O1)Nc1cc(Cl)ccc1Cl. The highest BCUT2D eigenvalue weighted by molar-refractivity contribution is 6.35. The molecule has 1 heterocycles. The third-order valence-corrected chi connectivity index (χ3v) is 4.41. The molecule has 8 heteroatoms. The molecular formula is C17H13Cl3N2O3.